The van der Waals surface area contributed by atoms with Gasteiger partial charge in [-0.3, -0.25) is 18.7 Å². The molecule has 23 heteroatoms. The van der Waals surface area contributed by atoms with Crippen LogP contribution in [-0.4, -0.2) is 150 Å². The number of unbranched alkanes of at least 4 members (excludes halogenated alkanes) is 1. The number of nitrogens with one attached hydrogen (secondary N) is 4. The highest BCUT2D eigenvalue weighted by atomic mass is 32.2. The van der Waals surface area contributed by atoms with Crippen molar-refractivity contribution in [3.63, 3.8) is 0 Å². The van der Waals surface area contributed by atoms with Crippen LogP contribution < -0.4 is 32.7 Å². The molecule has 4 rings (SSSR count). The molecule has 0 saturated carbocycles. The predicted molar refractivity (Wildman–Crippen MR) is 202 cm³/mol. The molecule has 1 aromatic heterocycles. The predicted octanol–water partition coefficient (Wildman–Crippen LogP) is -1.07. The molecule has 1 aromatic rings. The number of carbonyl (C=O) groups excluding carboxylic acids is 3. The number of thioether (sulfide) groups is 1. The Hall–Kier alpha value is -2.89. The number of hydrogen-bond acceptors (Lipinski definition) is 15. The lowest BCUT2D eigenvalue weighted by Crippen LogP contribution is -2.36. The summed E-state index contributed by atoms with van der Waals surface area (Å²) in [6.45, 7) is 3.16. The number of phosphoric acid groups is 1. The van der Waals surface area contributed by atoms with Gasteiger partial charge in [-0.15, -0.1) is 0 Å². The normalized spacial score (nSPS) is 23.2. The first-order valence-electron chi connectivity index (χ1n) is 18.8. The Morgan fingerprint density at radius 1 is 0.946 bits per heavy atom. The van der Waals surface area contributed by atoms with Crippen molar-refractivity contribution in [1.82, 2.24) is 30.8 Å². The molecule has 0 unspecified atom stereocenters. The van der Waals surface area contributed by atoms with Crippen LogP contribution in [0.2, 0.25) is 0 Å². The van der Waals surface area contributed by atoms with Crippen LogP contribution in [0.15, 0.2) is 11.0 Å². The topological polar surface area (TPSA) is 293 Å². The fraction of sp³-hybridized carbons (Fsp3) is 0.788. The third-order valence-corrected chi connectivity index (χ3v) is 11.1. The van der Waals surface area contributed by atoms with Crippen molar-refractivity contribution in [2.75, 3.05) is 84.0 Å². The lowest BCUT2D eigenvalue weighted by Gasteiger charge is -2.19. The number of aliphatic hydroxyl groups excluding tert-OH is 1. The Bertz CT molecular complexity index is 1510. The number of aromatic nitrogens is 2. The molecule has 3 aliphatic heterocycles. The fourth-order valence-corrected chi connectivity index (χ4v) is 8.22. The number of urea groups is 1. The van der Waals surface area contributed by atoms with Gasteiger partial charge in [0.2, 0.25) is 11.8 Å². The van der Waals surface area contributed by atoms with E-state index in [0.29, 0.717) is 89.4 Å². The van der Waals surface area contributed by atoms with E-state index in [2.05, 4.69) is 30.8 Å². The number of ether oxygens (including phenoxy) is 5. The Morgan fingerprint density at radius 3 is 2.32 bits per heavy atom. The van der Waals surface area contributed by atoms with Crippen molar-refractivity contribution in [3.8, 4) is 0 Å². The zero-order valence-corrected chi connectivity index (χ0v) is 33.1. The second-order valence-corrected chi connectivity index (χ2v) is 16.0. The van der Waals surface area contributed by atoms with Gasteiger partial charge in [0.25, 0.3) is 0 Å². The average molecular weight is 838 g/mol. The quantitative estimate of drug-likeness (QED) is 0.0283. The van der Waals surface area contributed by atoms with Crippen LogP contribution in [0.25, 0.3) is 0 Å². The number of nitrogen functional groups attached to an aromatic ring is 1. The van der Waals surface area contributed by atoms with Crippen molar-refractivity contribution < 1.29 is 62.1 Å². The highest BCUT2D eigenvalue weighted by Crippen LogP contribution is 2.38. The van der Waals surface area contributed by atoms with Gasteiger partial charge < -0.3 is 65.6 Å². The van der Waals surface area contributed by atoms with E-state index < -0.39 is 38.6 Å². The molecule has 4 heterocycles. The summed E-state index contributed by atoms with van der Waals surface area (Å²) in [5, 5.41) is 22.4. The smallest absolute Gasteiger partial charge is 0.388 e. The molecular formula is C33H56N7O14PS. The number of carbonyl (C=O) groups is 3. The highest BCUT2D eigenvalue weighted by Gasteiger charge is 2.42. The minimum atomic E-state index is -4.72. The van der Waals surface area contributed by atoms with Crippen molar-refractivity contribution in [2.45, 2.75) is 87.1 Å². The number of nitrogens with two attached hydrogens (primary N) is 1. The van der Waals surface area contributed by atoms with Crippen LogP contribution in [0.5, 0.6) is 0 Å². The van der Waals surface area contributed by atoms with Crippen molar-refractivity contribution in [3.05, 3.63) is 22.2 Å². The van der Waals surface area contributed by atoms with E-state index in [1.807, 2.05) is 11.8 Å². The van der Waals surface area contributed by atoms with E-state index in [9.17, 15) is 28.8 Å². The monoisotopic (exact) mass is 837 g/mol. The van der Waals surface area contributed by atoms with E-state index in [1.54, 1.807) is 0 Å². The minimum absolute atomic E-state index is 0.00771. The second-order valence-electron chi connectivity index (χ2n) is 13.4. The number of anilines is 1. The van der Waals surface area contributed by atoms with Crippen LogP contribution in [-0.2, 0) is 48.8 Å². The van der Waals surface area contributed by atoms with Gasteiger partial charge in [0.15, 0.2) is 6.23 Å². The molecule has 6 atom stereocenters. The van der Waals surface area contributed by atoms with Crippen molar-refractivity contribution in [2.24, 2.45) is 0 Å². The van der Waals surface area contributed by atoms with Crippen molar-refractivity contribution in [1.29, 1.82) is 0 Å². The third kappa shape index (κ3) is 16.5. The van der Waals surface area contributed by atoms with Gasteiger partial charge in [0, 0.05) is 55.1 Å². The molecule has 0 aliphatic carbocycles. The summed E-state index contributed by atoms with van der Waals surface area (Å²) >= 11 is 1.88. The van der Waals surface area contributed by atoms with E-state index in [-0.39, 0.29) is 55.2 Å². The van der Waals surface area contributed by atoms with Crippen LogP contribution in [0, 0.1) is 0 Å². The summed E-state index contributed by atoms with van der Waals surface area (Å²) in [6.07, 6.45) is 2.50. The third-order valence-electron chi connectivity index (χ3n) is 9.11. The first-order valence-corrected chi connectivity index (χ1v) is 21.4. The number of fused-ring (bicyclic) bond motifs is 1. The van der Waals surface area contributed by atoms with Gasteiger partial charge in [0.1, 0.15) is 11.9 Å². The summed E-state index contributed by atoms with van der Waals surface area (Å²) in [7, 11) is -4.72. The van der Waals surface area contributed by atoms with Crippen LogP contribution in [0.1, 0.15) is 56.7 Å². The molecule has 3 aliphatic rings. The summed E-state index contributed by atoms with van der Waals surface area (Å²) < 4.78 is 44.0. The van der Waals surface area contributed by atoms with Crippen LogP contribution in [0.3, 0.4) is 0 Å². The van der Waals surface area contributed by atoms with E-state index in [0.717, 1.165) is 29.6 Å². The molecule has 0 spiro atoms. The molecule has 4 amide bonds. The number of amides is 4. The molecule has 0 bridgehead atoms. The first-order chi connectivity index (χ1) is 26.9. The summed E-state index contributed by atoms with van der Waals surface area (Å²) in [6, 6.07) is 0.339. The molecule has 0 aromatic carbocycles. The Morgan fingerprint density at radius 2 is 1.61 bits per heavy atom. The standard InChI is InChI=1S/C33H56N7O14PS/c34-30-22(19-40(33(45)39-30)31-25(41)18-23(54-31)20-53-55(46,47)48)4-3-8-35-28(43)7-10-49-12-14-51-16-17-52-15-13-50-11-9-36-27(42)6-2-1-5-26-29-24(21-56-26)37-32(44)38-29/h19,23-26,29,31,41H,1-18,20-21H2,(H,35,43)(H,36,42)(H2,34,39,45)(H2,37,38,44)(H2,46,47,48)/t23-,24-,25-,26-,29-,31+/m0/s1. The van der Waals surface area contributed by atoms with Gasteiger partial charge in [0.05, 0.1) is 77.6 Å². The lowest BCUT2D eigenvalue weighted by atomic mass is 10.0. The Balaban J connectivity index is 0.903. The molecule has 318 valence electrons. The van der Waals surface area contributed by atoms with Gasteiger partial charge in [-0.05, 0) is 25.7 Å². The SMILES string of the molecule is Nc1nc(=O)n([C@@H]2O[C@H](COP(=O)(O)O)C[C@@H]2O)cc1CCCNC(=O)CCOCCOCCOCCOCCNC(=O)CCCC[C@@H]1SC[C@@H]2NC(=O)N[C@@H]21. The molecule has 56 heavy (non-hydrogen) atoms. The Labute approximate surface area is 329 Å². The van der Waals surface area contributed by atoms with Gasteiger partial charge in [-0.1, -0.05) is 6.42 Å². The molecule has 3 saturated heterocycles. The molecule has 0 radical (unpaired) electrons. The number of rotatable bonds is 28. The van der Waals surface area contributed by atoms with E-state index in [1.165, 1.54) is 6.20 Å². The number of aryl methyl sites for hydroxylation is 1. The summed E-state index contributed by atoms with van der Waals surface area (Å²) in [4.78, 5) is 69.7. The summed E-state index contributed by atoms with van der Waals surface area (Å²) in [5.41, 5.74) is 5.66. The zero-order chi connectivity index (χ0) is 40.3. The van der Waals surface area contributed by atoms with Crippen LogP contribution >= 0.6 is 19.6 Å². The zero-order valence-electron chi connectivity index (χ0n) is 31.3. The fourth-order valence-electron chi connectivity index (χ4n) is 6.31. The maximum atomic E-state index is 12.4. The van der Waals surface area contributed by atoms with Gasteiger partial charge in [-0.25, -0.2) is 14.2 Å². The minimum Gasteiger partial charge on any atom is -0.388 e. The highest BCUT2D eigenvalue weighted by molar-refractivity contribution is 8.00. The van der Waals surface area contributed by atoms with Gasteiger partial charge >= 0.3 is 19.5 Å². The Kier molecular flexibility index (Phi) is 19.7. The average Bonchev–Trinajstić information content (AvgIpc) is 3.83. The van der Waals surface area contributed by atoms with Crippen molar-refractivity contribution >= 4 is 43.2 Å². The number of hydrogen-bond donors (Lipinski definition) is 8. The molecular weight excluding hydrogens is 781 g/mol. The molecule has 9 N–H and O–H groups in total. The molecule has 3 fully saturated rings. The molecule has 21 nitrogen and oxygen atoms in total. The maximum Gasteiger partial charge on any atom is 0.469 e. The van der Waals surface area contributed by atoms with E-state index >= 15 is 0 Å². The van der Waals surface area contributed by atoms with Gasteiger partial charge in [-0.2, -0.15) is 16.7 Å². The number of phosphoric ester groups is 1. The maximum absolute atomic E-state index is 12.4. The second kappa shape index (κ2) is 24.1. The lowest BCUT2D eigenvalue weighted by molar-refractivity contribution is -0.122. The first kappa shape index (κ1) is 45.8. The number of nitrogens with zero attached hydrogens (tertiary/aromatic N) is 2. The summed E-state index contributed by atoms with van der Waals surface area (Å²) in [5.74, 6) is 0.753. The number of aliphatic hydroxyl groups is 1. The van der Waals surface area contributed by atoms with Crippen LogP contribution in [0.4, 0.5) is 10.6 Å². The largest absolute Gasteiger partial charge is 0.469 e. The van der Waals surface area contributed by atoms with E-state index in [4.69, 9.17) is 39.2 Å².